The number of hydrogen-bond donors (Lipinski definition) is 1. The van der Waals surface area contributed by atoms with Crippen LogP contribution in [0.2, 0.25) is 0 Å². The molecule has 6 heteroatoms. The van der Waals surface area contributed by atoms with Crippen LogP contribution in [0.15, 0.2) is 12.5 Å². The summed E-state index contributed by atoms with van der Waals surface area (Å²) in [6, 6.07) is 1.34. The van der Waals surface area contributed by atoms with Gasteiger partial charge in [-0.2, -0.15) is 0 Å². The molecule has 2 saturated carbocycles. The molecule has 0 aromatic carbocycles. The maximum Gasteiger partial charge on any atom is 0.147 e. The summed E-state index contributed by atoms with van der Waals surface area (Å²) in [6.45, 7) is 5.67. The molecule has 1 saturated heterocycles. The number of anilines is 1. The van der Waals surface area contributed by atoms with Gasteiger partial charge in [0.2, 0.25) is 0 Å². The number of nitrogens with zero attached hydrogens (tertiary/aromatic N) is 4. The third kappa shape index (κ3) is 3.13. The van der Waals surface area contributed by atoms with Crippen molar-refractivity contribution in [1.29, 1.82) is 0 Å². The van der Waals surface area contributed by atoms with Crippen LogP contribution in [0.25, 0.3) is 11.0 Å². The van der Waals surface area contributed by atoms with Crippen molar-refractivity contribution in [3.05, 3.63) is 18.1 Å². The third-order valence-electron chi connectivity index (χ3n) is 6.70. The fraction of sp³-hybridized carbons (Fsp3) is 0.714. The van der Waals surface area contributed by atoms with E-state index in [1.54, 1.807) is 6.33 Å². The second-order valence-corrected chi connectivity index (χ2v) is 8.89. The maximum atomic E-state index is 6.53. The Balaban J connectivity index is 1.36. The number of ether oxygens (including phenoxy) is 1. The number of nitrogen functional groups attached to an aromatic ring is 1. The fourth-order valence-electron chi connectivity index (χ4n) is 4.82. The van der Waals surface area contributed by atoms with Gasteiger partial charge in [0.05, 0.1) is 11.5 Å². The largest absolute Gasteiger partial charge is 0.383 e. The summed E-state index contributed by atoms with van der Waals surface area (Å²) < 4.78 is 8.75. The van der Waals surface area contributed by atoms with Crippen molar-refractivity contribution in [2.75, 3.05) is 12.3 Å². The lowest BCUT2D eigenvalue weighted by atomic mass is 9.90. The molecule has 27 heavy (non-hydrogen) atoms. The van der Waals surface area contributed by atoms with Crippen molar-refractivity contribution in [2.45, 2.75) is 89.1 Å². The fourth-order valence-corrected chi connectivity index (χ4v) is 4.82. The van der Waals surface area contributed by atoms with E-state index < -0.39 is 0 Å². The molecular formula is C21H31N5O. The van der Waals surface area contributed by atoms with Gasteiger partial charge in [0.1, 0.15) is 24.0 Å². The molecule has 0 spiro atoms. The van der Waals surface area contributed by atoms with Gasteiger partial charge in [-0.15, -0.1) is 0 Å². The van der Waals surface area contributed by atoms with Crippen molar-refractivity contribution in [3.63, 3.8) is 0 Å². The highest BCUT2D eigenvalue weighted by atomic mass is 16.5. The second-order valence-electron chi connectivity index (χ2n) is 8.89. The monoisotopic (exact) mass is 369 g/mol. The smallest absolute Gasteiger partial charge is 0.147 e. The Labute approximate surface area is 161 Å². The van der Waals surface area contributed by atoms with Crippen LogP contribution in [-0.2, 0) is 4.74 Å². The first-order valence-corrected chi connectivity index (χ1v) is 10.6. The molecule has 0 bridgehead atoms. The van der Waals surface area contributed by atoms with Gasteiger partial charge in [0.15, 0.2) is 0 Å². The van der Waals surface area contributed by atoms with Gasteiger partial charge in [-0.25, -0.2) is 9.97 Å². The molecule has 146 valence electrons. The minimum atomic E-state index is 0.0645. The number of hydrogen-bond acceptors (Lipinski definition) is 5. The molecule has 0 amide bonds. The van der Waals surface area contributed by atoms with Crippen molar-refractivity contribution in [3.8, 4) is 0 Å². The summed E-state index contributed by atoms with van der Waals surface area (Å²) in [5.74, 6) is 1.22. The summed E-state index contributed by atoms with van der Waals surface area (Å²) in [4.78, 5) is 11.4. The van der Waals surface area contributed by atoms with Crippen LogP contribution in [0, 0.1) is 0 Å². The maximum absolute atomic E-state index is 6.53. The van der Waals surface area contributed by atoms with Crippen molar-refractivity contribution >= 4 is 16.9 Å². The second kappa shape index (κ2) is 6.74. The average molecular weight is 370 g/mol. The van der Waals surface area contributed by atoms with Crippen LogP contribution in [0.1, 0.15) is 76.5 Å². The van der Waals surface area contributed by atoms with E-state index >= 15 is 0 Å². The van der Waals surface area contributed by atoms with Gasteiger partial charge < -0.3 is 15.0 Å². The van der Waals surface area contributed by atoms with E-state index in [0.717, 1.165) is 36.5 Å². The van der Waals surface area contributed by atoms with Gasteiger partial charge in [-0.3, -0.25) is 4.90 Å². The van der Waals surface area contributed by atoms with Gasteiger partial charge >= 0.3 is 0 Å². The molecule has 2 aromatic heterocycles. The molecule has 3 fully saturated rings. The molecule has 0 radical (unpaired) electrons. The molecule has 6 nitrogen and oxygen atoms in total. The zero-order chi connectivity index (χ0) is 18.5. The number of aromatic nitrogens is 3. The standard InChI is InChI=1S/C21H31N5O/c1-13(2)25(15-4-3-5-15)10-16-8-9-18(27-16)26-11-17(14-6-7-14)19-20(22)23-12-24-21(19)26/h11-16,18H,3-10H2,1-2H3,(H2,22,23,24). The normalized spacial score (nSPS) is 26.4. The van der Waals surface area contributed by atoms with E-state index in [9.17, 15) is 0 Å². The van der Waals surface area contributed by atoms with Gasteiger partial charge in [0.25, 0.3) is 0 Å². The lowest BCUT2D eigenvalue weighted by Gasteiger charge is -2.41. The molecule has 2 N–H and O–H groups in total. The van der Waals surface area contributed by atoms with E-state index in [1.165, 1.54) is 37.7 Å². The van der Waals surface area contributed by atoms with E-state index in [1.807, 2.05) is 0 Å². The van der Waals surface area contributed by atoms with E-state index in [0.29, 0.717) is 23.9 Å². The summed E-state index contributed by atoms with van der Waals surface area (Å²) in [5.41, 5.74) is 8.46. The van der Waals surface area contributed by atoms with E-state index in [4.69, 9.17) is 10.5 Å². The Morgan fingerprint density at radius 2 is 2.00 bits per heavy atom. The first kappa shape index (κ1) is 17.4. The van der Waals surface area contributed by atoms with Crippen LogP contribution < -0.4 is 5.73 Å². The predicted octanol–water partition coefficient (Wildman–Crippen LogP) is 3.83. The number of fused-ring (bicyclic) bond motifs is 1. The molecule has 5 rings (SSSR count). The highest BCUT2D eigenvalue weighted by Gasteiger charge is 2.35. The lowest BCUT2D eigenvalue weighted by Crippen LogP contribution is -2.47. The molecule has 3 heterocycles. The zero-order valence-corrected chi connectivity index (χ0v) is 16.5. The Hall–Kier alpha value is -1.66. The van der Waals surface area contributed by atoms with Gasteiger partial charge in [-0.05, 0) is 63.9 Å². The molecule has 2 aromatic rings. The average Bonchev–Trinajstić information content (AvgIpc) is 3.20. The SMILES string of the molecule is CC(C)N(CC1CCC(n2cc(C3CC3)c3c(N)ncnc32)O1)C1CCC1. The Kier molecular flexibility index (Phi) is 4.36. The quantitative estimate of drug-likeness (QED) is 0.838. The molecule has 2 unspecified atom stereocenters. The zero-order valence-electron chi connectivity index (χ0n) is 16.5. The molecule has 3 aliphatic rings. The van der Waals surface area contributed by atoms with E-state index in [2.05, 4.69) is 39.5 Å². The first-order chi connectivity index (χ1) is 13.1. The highest BCUT2D eigenvalue weighted by Crippen LogP contribution is 2.46. The number of nitrogens with two attached hydrogens (primary N) is 1. The van der Waals surface area contributed by atoms with Crippen molar-refractivity contribution in [2.24, 2.45) is 0 Å². The molecular weight excluding hydrogens is 338 g/mol. The third-order valence-corrected chi connectivity index (χ3v) is 6.70. The van der Waals surface area contributed by atoms with Crippen LogP contribution in [0.4, 0.5) is 5.82 Å². The Bertz CT molecular complexity index is 823. The first-order valence-electron chi connectivity index (χ1n) is 10.6. The summed E-state index contributed by atoms with van der Waals surface area (Å²) in [6.07, 6.45) is 12.9. The van der Waals surface area contributed by atoms with Crippen molar-refractivity contribution < 1.29 is 4.74 Å². The molecule has 2 aliphatic carbocycles. The Morgan fingerprint density at radius 3 is 2.67 bits per heavy atom. The number of rotatable bonds is 6. The minimum Gasteiger partial charge on any atom is -0.383 e. The Morgan fingerprint density at radius 1 is 1.19 bits per heavy atom. The topological polar surface area (TPSA) is 69.2 Å². The predicted molar refractivity (Wildman–Crippen MR) is 107 cm³/mol. The molecule has 1 aliphatic heterocycles. The highest BCUT2D eigenvalue weighted by molar-refractivity contribution is 5.90. The van der Waals surface area contributed by atoms with Crippen molar-refractivity contribution in [1.82, 2.24) is 19.4 Å². The van der Waals surface area contributed by atoms with Gasteiger partial charge in [0, 0.05) is 24.8 Å². The van der Waals surface area contributed by atoms with Crippen LogP contribution >= 0.6 is 0 Å². The summed E-state index contributed by atoms with van der Waals surface area (Å²) in [7, 11) is 0. The van der Waals surface area contributed by atoms with Gasteiger partial charge in [-0.1, -0.05) is 6.42 Å². The van der Waals surface area contributed by atoms with Crippen LogP contribution in [-0.4, -0.2) is 44.2 Å². The minimum absolute atomic E-state index is 0.0645. The van der Waals surface area contributed by atoms with E-state index in [-0.39, 0.29) is 6.23 Å². The summed E-state index contributed by atoms with van der Waals surface area (Å²) >= 11 is 0. The lowest BCUT2D eigenvalue weighted by molar-refractivity contribution is -0.0311. The molecule has 2 atom stereocenters. The summed E-state index contributed by atoms with van der Waals surface area (Å²) in [5, 5.41) is 1.05. The van der Waals surface area contributed by atoms with Crippen LogP contribution in [0.3, 0.4) is 0 Å². The van der Waals surface area contributed by atoms with Crippen LogP contribution in [0.5, 0.6) is 0 Å².